The summed E-state index contributed by atoms with van der Waals surface area (Å²) in [5, 5.41) is 0.730. The Bertz CT molecular complexity index is 941. The van der Waals surface area contributed by atoms with Crippen LogP contribution in [0.5, 0.6) is 0 Å². The minimum atomic E-state index is 0.0377. The van der Waals surface area contributed by atoms with E-state index in [2.05, 4.69) is 20.8 Å². The molecule has 7 heteroatoms. The van der Waals surface area contributed by atoms with Crippen molar-refractivity contribution in [2.75, 3.05) is 31.1 Å². The van der Waals surface area contributed by atoms with Crippen LogP contribution in [0.15, 0.2) is 45.5 Å². The van der Waals surface area contributed by atoms with Crippen LogP contribution in [0.25, 0.3) is 11.1 Å². The number of fused-ring (bicyclic) bond motifs is 1. The molecular formula is C18H17BrClN3O2. The standard InChI is InChI=1S/C18H17BrClN3O2/c1-21-14-11-17(19)25-16(14)10-15(21)18(24)23-7-5-22(6-8-23)13-4-2-3-12(20)9-13/h2-4,9-11H,5-8H2,1H3. The number of halogens is 2. The Labute approximate surface area is 158 Å². The molecule has 0 unspecified atom stereocenters. The van der Waals surface area contributed by atoms with Gasteiger partial charge in [0.15, 0.2) is 10.3 Å². The molecule has 0 saturated carbocycles. The molecule has 2 aromatic heterocycles. The van der Waals surface area contributed by atoms with E-state index in [0.717, 1.165) is 34.9 Å². The first-order chi connectivity index (χ1) is 12.0. The number of hydrogen-bond acceptors (Lipinski definition) is 3. The first-order valence-electron chi connectivity index (χ1n) is 8.07. The van der Waals surface area contributed by atoms with Crippen molar-refractivity contribution in [3.8, 4) is 0 Å². The third-order valence-electron chi connectivity index (χ3n) is 4.66. The maximum absolute atomic E-state index is 12.9. The normalized spacial score (nSPS) is 15.2. The maximum Gasteiger partial charge on any atom is 0.270 e. The summed E-state index contributed by atoms with van der Waals surface area (Å²) in [5.74, 6) is 0.0377. The Kier molecular flexibility index (Phi) is 4.25. The quantitative estimate of drug-likeness (QED) is 0.623. The van der Waals surface area contributed by atoms with E-state index >= 15 is 0 Å². The van der Waals surface area contributed by atoms with Crippen LogP contribution in [-0.4, -0.2) is 41.6 Å². The topological polar surface area (TPSA) is 41.6 Å². The molecule has 25 heavy (non-hydrogen) atoms. The van der Waals surface area contributed by atoms with Crippen molar-refractivity contribution in [2.24, 2.45) is 7.05 Å². The fraction of sp³-hybridized carbons (Fsp3) is 0.278. The fourth-order valence-electron chi connectivity index (χ4n) is 3.29. The van der Waals surface area contributed by atoms with Crippen LogP contribution in [0.1, 0.15) is 10.5 Å². The summed E-state index contributed by atoms with van der Waals surface area (Å²) in [5.41, 5.74) is 3.38. The van der Waals surface area contributed by atoms with E-state index in [-0.39, 0.29) is 5.91 Å². The molecule has 0 bridgehead atoms. The Hall–Kier alpha value is -1.92. The summed E-state index contributed by atoms with van der Waals surface area (Å²) in [6.07, 6.45) is 0. The number of amides is 1. The Morgan fingerprint density at radius 2 is 1.92 bits per heavy atom. The van der Waals surface area contributed by atoms with Crippen molar-refractivity contribution in [3.63, 3.8) is 0 Å². The van der Waals surface area contributed by atoms with Crippen LogP contribution in [0.4, 0.5) is 5.69 Å². The number of carbonyl (C=O) groups is 1. The smallest absolute Gasteiger partial charge is 0.270 e. The zero-order chi connectivity index (χ0) is 17.6. The number of carbonyl (C=O) groups excluding carboxylic acids is 1. The Balaban J connectivity index is 1.49. The van der Waals surface area contributed by atoms with Crippen LogP contribution < -0.4 is 4.90 Å². The van der Waals surface area contributed by atoms with E-state index in [4.69, 9.17) is 16.0 Å². The van der Waals surface area contributed by atoms with E-state index in [9.17, 15) is 4.79 Å². The summed E-state index contributed by atoms with van der Waals surface area (Å²) in [4.78, 5) is 17.0. The van der Waals surface area contributed by atoms with Gasteiger partial charge in [0.05, 0.1) is 5.52 Å². The van der Waals surface area contributed by atoms with E-state index in [1.807, 2.05) is 52.9 Å². The molecule has 0 radical (unpaired) electrons. The Morgan fingerprint density at radius 3 is 2.60 bits per heavy atom. The molecule has 1 fully saturated rings. The predicted octanol–water partition coefficient (Wildman–Crippen LogP) is 4.15. The lowest BCUT2D eigenvalue weighted by atomic mass is 10.2. The average molecular weight is 423 g/mol. The van der Waals surface area contributed by atoms with Gasteiger partial charge in [-0.25, -0.2) is 0 Å². The number of benzene rings is 1. The molecule has 5 nitrogen and oxygen atoms in total. The molecule has 0 spiro atoms. The first kappa shape index (κ1) is 16.5. The number of nitrogens with zero attached hydrogens (tertiary/aromatic N) is 3. The van der Waals surface area contributed by atoms with Crippen LogP contribution in [0, 0.1) is 0 Å². The average Bonchev–Trinajstić information content (AvgIpc) is 3.12. The largest absolute Gasteiger partial charge is 0.448 e. The molecule has 1 amide bonds. The van der Waals surface area contributed by atoms with Gasteiger partial charge in [-0.05, 0) is 34.1 Å². The lowest BCUT2D eigenvalue weighted by molar-refractivity contribution is 0.0737. The van der Waals surface area contributed by atoms with Crippen molar-refractivity contribution in [3.05, 3.63) is 51.8 Å². The van der Waals surface area contributed by atoms with Gasteiger partial charge in [0.25, 0.3) is 5.91 Å². The van der Waals surface area contributed by atoms with Crippen molar-refractivity contribution in [2.45, 2.75) is 0 Å². The lowest BCUT2D eigenvalue weighted by Crippen LogP contribution is -2.49. The highest BCUT2D eigenvalue weighted by atomic mass is 79.9. The molecule has 1 saturated heterocycles. The summed E-state index contributed by atoms with van der Waals surface area (Å²) < 4.78 is 8.11. The zero-order valence-electron chi connectivity index (χ0n) is 13.7. The molecule has 1 aliphatic heterocycles. The van der Waals surface area contributed by atoms with Gasteiger partial charge in [-0.1, -0.05) is 17.7 Å². The molecule has 0 atom stereocenters. The number of aromatic nitrogens is 1. The molecule has 1 aliphatic rings. The summed E-state index contributed by atoms with van der Waals surface area (Å²) in [6.45, 7) is 2.94. The second kappa shape index (κ2) is 6.42. The van der Waals surface area contributed by atoms with Crippen molar-refractivity contribution in [1.29, 1.82) is 0 Å². The zero-order valence-corrected chi connectivity index (χ0v) is 16.0. The van der Waals surface area contributed by atoms with Gasteiger partial charge in [0, 0.05) is 56.1 Å². The number of rotatable bonds is 2. The van der Waals surface area contributed by atoms with Crippen LogP contribution in [-0.2, 0) is 7.05 Å². The third-order valence-corrected chi connectivity index (χ3v) is 5.29. The van der Waals surface area contributed by atoms with Gasteiger partial charge in [-0.3, -0.25) is 4.79 Å². The van der Waals surface area contributed by atoms with E-state index in [0.29, 0.717) is 23.5 Å². The number of furan rings is 1. The van der Waals surface area contributed by atoms with Crippen LogP contribution in [0.2, 0.25) is 5.02 Å². The highest BCUT2D eigenvalue weighted by molar-refractivity contribution is 9.10. The van der Waals surface area contributed by atoms with Crippen molar-refractivity contribution >= 4 is 50.2 Å². The molecule has 4 rings (SSSR count). The van der Waals surface area contributed by atoms with Crippen LogP contribution in [0.3, 0.4) is 0 Å². The highest BCUT2D eigenvalue weighted by Gasteiger charge is 2.25. The van der Waals surface area contributed by atoms with E-state index in [1.54, 1.807) is 0 Å². The number of anilines is 1. The summed E-state index contributed by atoms with van der Waals surface area (Å²) in [6, 6.07) is 11.5. The van der Waals surface area contributed by atoms with Gasteiger partial charge in [-0.2, -0.15) is 0 Å². The van der Waals surface area contributed by atoms with Gasteiger partial charge in [-0.15, -0.1) is 0 Å². The molecule has 3 heterocycles. The summed E-state index contributed by atoms with van der Waals surface area (Å²) >= 11 is 9.39. The Morgan fingerprint density at radius 1 is 1.16 bits per heavy atom. The van der Waals surface area contributed by atoms with Crippen molar-refractivity contribution < 1.29 is 9.21 Å². The van der Waals surface area contributed by atoms with E-state index < -0.39 is 0 Å². The van der Waals surface area contributed by atoms with Crippen molar-refractivity contribution in [1.82, 2.24) is 9.47 Å². The van der Waals surface area contributed by atoms with Gasteiger partial charge < -0.3 is 18.8 Å². The highest BCUT2D eigenvalue weighted by Crippen LogP contribution is 2.27. The lowest BCUT2D eigenvalue weighted by Gasteiger charge is -2.36. The molecule has 3 aromatic rings. The minimum Gasteiger partial charge on any atom is -0.448 e. The van der Waals surface area contributed by atoms with Gasteiger partial charge >= 0.3 is 0 Å². The third kappa shape index (κ3) is 3.04. The maximum atomic E-state index is 12.9. The fourth-order valence-corrected chi connectivity index (χ4v) is 3.87. The van der Waals surface area contributed by atoms with Gasteiger partial charge in [0.2, 0.25) is 0 Å². The number of aryl methyl sites for hydroxylation is 1. The summed E-state index contributed by atoms with van der Waals surface area (Å²) in [7, 11) is 1.89. The first-order valence-corrected chi connectivity index (χ1v) is 9.24. The molecule has 130 valence electrons. The van der Waals surface area contributed by atoms with E-state index in [1.165, 1.54) is 0 Å². The number of piperazine rings is 1. The molecular weight excluding hydrogens is 406 g/mol. The number of hydrogen-bond donors (Lipinski definition) is 0. The SMILES string of the molecule is Cn1c(C(=O)N2CCN(c3cccc(Cl)c3)CC2)cc2oc(Br)cc21. The van der Waals surface area contributed by atoms with Gasteiger partial charge in [0.1, 0.15) is 5.69 Å². The predicted molar refractivity (Wildman–Crippen MR) is 102 cm³/mol. The minimum absolute atomic E-state index is 0.0377. The van der Waals surface area contributed by atoms with Crippen LogP contribution >= 0.6 is 27.5 Å². The molecule has 0 aliphatic carbocycles. The molecule has 1 aromatic carbocycles. The molecule has 0 N–H and O–H groups in total. The second-order valence-electron chi connectivity index (χ2n) is 6.15. The monoisotopic (exact) mass is 421 g/mol. The second-order valence-corrected chi connectivity index (χ2v) is 7.37.